The van der Waals surface area contributed by atoms with Gasteiger partial charge in [-0.15, -0.1) is 0 Å². The summed E-state index contributed by atoms with van der Waals surface area (Å²) in [6, 6.07) is 4.85. The van der Waals surface area contributed by atoms with Crippen molar-refractivity contribution in [2.45, 2.75) is 39.7 Å². The Morgan fingerprint density at radius 1 is 1.44 bits per heavy atom. The largest absolute Gasteiger partial charge is 0.479 e. The van der Waals surface area contributed by atoms with Gasteiger partial charge in [-0.1, -0.05) is 41.4 Å². The Morgan fingerprint density at radius 3 is 2.80 bits per heavy atom. The SMILES string of the molecule is C=C(C)[C@H]1CC=C(C)/C(=N\NC(=O)[C@H](C)Oc2ccc(Cl)cc2Cl)C1. The molecule has 25 heavy (non-hydrogen) atoms. The lowest BCUT2D eigenvalue weighted by Crippen LogP contribution is -2.34. The van der Waals surface area contributed by atoms with Gasteiger partial charge in [0.2, 0.25) is 0 Å². The number of hydrogen-bond acceptors (Lipinski definition) is 3. The zero-order valence-electron chi connectivity index (χ0n) is 14.6. The van der Waals surface area contributed by atoms with Crippen molar-refractivity contribution >= 4 is 34.8 Å². The van der Waals surface area contributed by atoms with Crippen LogP contribution in [0.3, 0.4) is 0 Å². The molecule has 4 nitrogen and oxygen atoms in total. The molecule has 1 aromatic carbocycles. The highest BCUT2D eigenvalue weighted by Crippen LogP contribution is 2.28. The molecule has 0 bridgehead atoms. The van der Waals surface area contributed by atoms with Gasteiger partial charge >= 0.3 is 0 Å². The Kier molecular flexibility index (Phi) is 6.68. The highest BCUT2D eigenvalue weighted by Gasteiger charge is 2.20. The third kappa shape index (κ3) is 5.35. The third-order valence-corrected chi connectivity index (χ3v) is 4.70. The molecule has 0 fully saturated rings. The van der Waals surface area contributed by atoms with Crippen LogP contribution in [-0.4, -0.2) is 17.7 Å². The second-order valence-electron chi connectivity index (χ2n) is 6.24. The van der Waals surface area contributed by atoms with Crippen molar-refractivity contribution in [2.24, 2.45) is 11.0 Å². The molecule has 1 aromatic rings. The summed E-state index contributed by atoms with van der Waals surface area (Å²) < 4.78 is 5.59. The quantitative estimate of drug-likeness (QED) is 0.565. The fourth-order valence-corrected chi connectivity index (χ4v) is 2.91. The zero-order chi connectivity index (χ0) is 18.6. The normalized spacial score (nSPS) is 20.0. The molecule has 0 saturated carbocycles. The summed E-state index contributed by atoms with van der Waals surface area (Å²) in [4.78, 5) is 12.2. The standard InChI is InChI=1S/C19H22Cl2N2O2/c1-11(2)14-6-5-12(3)17(9-14)22-23-19(24)13(4)25-18-8-7-15(20)10-16(18)21/h5,7-8,10,13-14H,1,6,9H2,2-4H3,(H,23,24)/b22-17-/t13-,14-/m0/s1. The van der Waals surface area contributed by atoms with Crippen molar-refractivity contribution in [1.82, 2.24) is 5.43 Å². The number of hydrazone groups is 1. The first-order valence-electron chi connectivity index (χ1n) is 8.08. The van der Waals surface area contributed by atoms with Crippen molar-refractivity contribution in [3.05, 3.63) is 52.0 Å². The molecule has 134 valence electrons. The number of amides is 1. The summed E-state index contributed by atoms with van der Waals surface area (Å²) in [7, 11) is 0. The van der Waals surface area contributed by atoms with Gasteiger partial charge in [-0.05, 0) is 63.3 Å². The van der Waals surface area contributed by atoms with Crippen LogP contribution < -0.4 is 10.2 Å². The first kappa shape index (κ1) is 19.5. The number of carbonyl (C=O) groups excluding carboxylic acids is 1. The summed E-state index contributed by atoms with van der Waals surface area (Å²) in [6.45, 7) is 9.66. The van der Waals surface area contributed by atoms with E-state index in [-0.39, 0.29) is 5.91 Å². The van der Waals surface area contributed by atoms with Crippen molar-refractivity contribution in [1.29, 1.82) is 0 Å². The maximum Gasteiger partial charge on any atom is 0.280 e. The van der Waals surface area contributed by atoms with Gasteiger partial charge < -0.3 is 4.74 Å². The van der Waals surface area contributed by atoms with Crippen molar-refractivity contribution in [3.63, 3.8) is 0 Å². The van der Waals surface area contributed by atoms with Gasteiger partial charge in [0.25, 0.3) is 5.91 Å². The smallest absolute Gasteiger partial charge is 0.280 e. The van der Waals surface area contributed by atoms with Gasteiger partial charge in [-0.2, -0.15) is 5.10 Å². The molecule has 0 saturated heterocycles. The van der Waals surface area contributed by atoms with Gasteiger partial charge in [0.05, 0.1) is 10.7 Å². The molecular formula is C19H22Cl2N2O2. The number of hydrogen-bond donors (Lipinski definition) is 1. The number of halogens is 2. The van der Waals surface area contributed by atoms with Crippen molar-refractivity contribution < 1.29 is 9.53 Å². The van der Waals surface area contributed by atoms with E-state index in [2.05, 4.69) is 23.2 Å². The van der Waals surface area contributed by atoms with Gasteiger partial charge in [0.15, 0.2) is 6.10 Å². The number of ether oxygens (including phenoxy) is 1. The molecule has 0 aromatic heterocycles. The van der Waals surface area contributed by atoms with E-state index in [1.807, 2.05) is 13.8 Å². The van der Waals surface area contributed by atoms with Crippen LogP contribution in [0.25, 0.3) is 0 Å². The molecule has 2 atom stereocenters. The van der Waals surface area contributed by atoms with Crippen LogP contribution in [0.2, 0.25) is 10.0 Å². The van der Waals surface area contributed by atoms with Crippen LogP contribution in [-0.2, 0) is 4.79 Å². The van der Waals surface area contributed by atoms with E-state index in [0.717, 1.165) is 29.7 Å². The Morgan fingerprint density at radius 2 is 2.16 bits per heavy atom. The molecule has 0 spiro atoms. The summed E-state index contributed by atoms with van der Waals surface area (Å²) in [6.07, 6.45) is 3.12. The lowest BCUT2D eigenvalue weighted by molar-refractivity contribution is -0.127. The van der Waals surface area contributed by atoms with Crippen LogP contribution in [0.5, 0.6) is 5.75 Å². The second-order valence-corrected chi connectivity index (χ2v) is 7.08. The average molecular weight is 381 g/mol. The molecule has 1 N–H and O–H groups in total. The van der Waals surface area contributed by atoms with Crippen LogP contribution in [0, 0.1) is 5.92 Å². The molecule has 0 radical (unpaired) electrons. The lowest BCUT2D eigenvalue weighted by atomic mass is 9.85. The van der Waals surface area contributed by atoms with E-state index in [1.54, 1.807) is 25.1 Å². The average Bonchev–Trinajstić information content (AvgIpc) is 2.56. The number of rotatable bonds is 5. The summed E-state index contributed by atoms with van der Waals surface area (Å²) in [5.74, 6) is 0.419. The predicted molar refractivity (Wildman–Crippen MR) is 103 cm³/mol. The molecule has 1 aliphatic carbocycles. The minimum atomic E-state index is -0.743. The Hall–Kier alpha value is -1.78. The third-order valence-electron chi connectivity index (χ3n) is 4.17. The Balaban J connectivity index is 1.99. The first-order valence-corrected chi connectivity index (χ1v) is 8.84. The fourth-order valence-electron chi connectivity index (χ4n) is 2.45. The van der Waals surface area contributed by atoms with Gasteiger partial charge in [0, 0.05) is 5.02 Å². The maximum atomic E-state index is 12.2. The van der Waals surface area contributed by atoms with E-state index >= 15 is 0 Å². The second kappa shape index (κ2) is 8.54. The summed E-state index contributed by atoms with van der Waals surface area (Å²) in [5.41, 5.74) is 5.64. The fraction of sp³-hybridized carbons (Fsp3) is 0.368. The first-order chi connectivity index (χ1) is 11.8. The predicted octanol–water partition coefficient (Wildman–Crippen LogP) is 5.17. The number of nitrogens with one attached hydrogen (secondary N) is 1. The van der Waals surface area contributed by atoms with E-state index in [0.29, 0.717) is 21.7 Å². The van der Waals surface area contributed by atoms with Crippen LogP contribution >= 0.6 is 23.2 Å². The van der Waals surface area contributed by atoms with Crippen molar-refractivity contribution in [3.8, 4) is 5.75 Å². The van der Waals surface area contributed by atoms with E-state index in [9.17, 15) is 4.79 Å². The topological polar surface area (TPSA) is 50.7 Å². The molecule has 0 heterocycles. The zero-order valence-corrected chi connectivity index (χ0v) is 16.1. The Bertz CT molecular complexity index is 741. The van der Waals surface area contributed by atoms with Crippen LogP contribution in [0.4, 0.5) is 0 Å². The van der Waals surface area contributed by atoms with Crippen LogP contribution in [0.15, 0.2) is 47.1 Å². The minimum absolute atomic E-state index is 0.344. The highest BCUT2D eigenvalue weighted by molar-refractivity contribution is 6.35. The minimum Gasteiger partial charge on any atom is -0.479 e. The Labute approximate surface area is 158 Å². The van der Waals surface area contributed by atoms with Crippen molar-refractivity contribution in [2.75, 3.05) is 0 Å². The molecule has 0 unspecified atom stereocenters. The van der Waals surface area contributed by atoms with Gasteiger partial charge in [-0.3, -0.25) is 4.79 Å². The maximum absolute atomic E-state index is 12.2. The monoisotopic (exact) mass is 380 g/mol. The van der Waals surface area contributed by atoms with E-state index in [4.69, 9.17) is 27.9 Å². The highest BCUT2D eigenvalue weighted by atomic mass is 35.5. The van der Waals surface area contributed by atoms with E-state index in [1.165, 1.54) is 0 Å². The molecule has 2 rings (SSSR count). The number of carbonyl (C=O) groups is 1. The van der Waals surface area contributed by atoms with Gasteiger partial charge in [-0.25, -0.2) is 5.43 Å². The van der Waals surface area contributed by atoms with E-state index < -0.39 is 6.10 Å². The molecular weight excluding hydrogens is 359 g/mol. The summed E-state index contributed by atoms with van der Waals surface area (Å²) >= 11 is 11.9. The number of allylic oxidation sites excluding steroid dienone is 3. The van der Waals surface area contributed by atoms with Crippen LogP contribution in [0.1, 0.15) is 33.6 Å². The van der Waals surface area contributed by atoms with Gasteiger partial charge in [0.1, 0.15) is 5.75 Å². The molecule has 1 amide bonds. The molecule has 6 heteroatoms. The lowest BCUT2D eigenvalue weighted by Gasteiger charge is -2.22. The molecule has 1 aliphatic rings. The number of nitrogens with zero attached hydrogens (tertiary/aromatic N) is 1. The summed E-state index contributed by atoms with van der Waals surface area (Å²) in [5, 5.41) is 5.13. The molecule has 0 aliphatic heterocycles. The number of benzene rings is 1.